The molecule has 1 aromatic rings. The zero-order chi connectivity index (χ0) is 14.4. The van der Waals surface area contributed by atoms with Crippen LogP contribution in [-0.2, 0) is 20.7 Å². The number of hydrogen-bond acceptors (Lipinski definition) is 4. The smallest absolute Gasteiger partial charge is 0.330 e. The summed E-state index contributed by atoms with van der Waals surface area (Å²) in [7, 11) is 1.12. The summed E-state index contributed by atoms with van der Waals surface area (Å²) in [6.45, 7) is -0.615. The Balaban J connectivity index is 2.64. The standard InChI is InChI=1S/C12H13F2NO4/c1-19-12(18)10(6-16)15-11(17)5-7-2-3-8(13)9(14)4-7/h2-4,10,16H,5-6H2,1H3,(H,15,17). The molecule has 1 aromatic carbocycles. The molecule has 7 heteroatoms. The van der Waals surface area contributed by atoms with Gasteiger partial charge in [-0.2, -0.15) is 0 Å². The van der Waals surface area contributed by atoms with Gasteiger partial charge in [-0.25, -0.2) is 13.6 Å². The monoisotopic (exact) mass is 273 g/mol. The third-order valence-corrected chi connectivity index (χ3v) is 2.35. The van der Waals surface area contributed by atoms with Gasteiger partial charge in [0.15, 0.2) is 17.7 Å². The highest BCUT2D eigenvalue weighted by atomic mass is 19.2. The van der Waals surface area contributed by atoms with Crippen LogP contribution in [0.3, 0.4) is 0 Å². The average Bonchev–Trinajstić information content (AvgIpc) is 2.39. The molecular formula is C12H13F2NO4. The van der Waals surface area contributed by atoms with Crippen LogP contribution in [0.5, 0.6) is 0 Å². The van der Waals surface area contributed by atoms with Gasteiger partial charge in [-0.05, 0) is 17.7 Å². The second kappa shape index (κ2) is 6.79. The Hall–Kier alpha value is -2.02. The summed E-state index contributed by atoms with van der Waals surface area (Å²) < 4.78 is 30.0. The van der Waals surface area contributed by atoms with Crippen molar-refractivity contribution in [3.63, 3.8) is 0 Å². The molecule has 1 amide bonds. The van der Waals surface area contributed by atoms with Gasteiger partial charge in [0.05, 0.1) is 20.1 Å². The Morgan fingerprint density at radius 3 is 2.58 bits per heavy atom. The van der Waals surface area contributed by atoms with Gasteiger partial charge in [-0.15, -0.1) is 0 Å². The molecule has 0 aliphatic heterocycles. The number of aliphatic hydroxyl groups is 1. The van der Waals surface area contributed by atoms with Gasteiger partial charge in [-0.1, -0.05) is 6.07 Å². The first-order valence-corrected chi connectivity index (χ1v) is 5.40. The number of rotatable bonds is 5. The SMILES string of the molecule is COC(=O)C(CO)NC(=O)Cc1ccc(F)c(F)c1. The number of esters is 1. The minimum atomic E-state index is -1.18. The third kappa shape index (κ3) is 4.29. The van der Waals surface area contributed by atoms with Crippen LogP contribution < -0.4 is 5.32 Å². The molecule has 1 unspecified atom stereocenters. The molecule has 104 valence electrons. The van der Waals surface area contributed by atoms with Crippen molar-refractivity contribution in [1.29, 1.82) is 0 Å². The third-order valence-electron chi connectivity index (χ3n) is 2.35. The minimum absolute atomic E-state index is 0.245. The Kier molecular flexibility index (Phi) is 5.37. The van der Waals surface area contributed by atoms with Crippen LogP contribution in [0.15, 0.2) is 18.2 Å². The zero-order valence-electron chi connectivity index (χ0n) is 10.2. The number of nitrogens with one attached hydrogen (secondary N) is 1. The summed E-state index contributed by atoms with van der Waals surface area (Å²) in [5.41, 5.74) is 0.248. The molecule has 0 spiro atoms. The Morgan fingerprint density at radius 1 is 1.37 bits per heavy atom. The molecule has 0 bridgehead atoms. The molecule has 0 radical (unpaired) electrons. The van der Waals surface area contributed by atoms with Gasteiger partial charge in [0.25, 0.3) is 0 Å². The maximum Gasteiger partial charge on any atom is 0.330 e. The minimum Gasteiger partial charge on any atom is -0.467 e. The van der Waals surface area contributed by atoms with Crippen LogP contribution in [0, 0.1) is 11.6 Å². The number of ether oxygens (including phenoxy) is 1. The van der Waals surface area contributed by atoms with Crippen molar-refractivity contribution in [2.45, 2.75) is 12.5 Å². The van der Waals surface area contributed by atoms with E-state index in [4.69, 9.17) is 5.11 Å². The first-order valence-electron chi connectivity index (χ1n) is 5.40. The van der Waals surface area contributed by atoms with Crippen LogP contribution in [0.1, 0.15) is 5.56 Å². The maximum absolute atomic E-state index is 12.9. The molecule has 0 aromatic heterocycles. The highest BCUT2D eigenvalue weighted by Gasteiger charge is 2.20. The number of benzene rings is 1. The van der Waals surface area contributed by atoms with E-state index in [0.29, 0.717) is 0 Å². The first-order chi connectivity index (χ1) is 8.97. The van der Waals surface area contributed by atoms with E-state index in [9.17, 15) is 18.4 Å². The van der Waals surface area contributed by atoms with Gasteiger partial charge >= 0.3 is 5.97 Å². The molecule has 1 rings (SSSR count). The molecule has 0 fully saturated rings. The molecule has 0 aliphatic rings. The fourth-order valence-corrected chi connectivity index (χ4v) is 1.40. The van der Waals surface area contributed by atoms with E-state index < -0.39 is 36.2 Å². The van der Waals surface area contributed by atoms with Crippen LogP contribution >= 0.6 is 0 Å². The second-order valence-electron chi connectivity index (χ2n) is 3.75. The van der Waals surface area contributed by atoms with Crippen molar-refractivity contribution in [3.05, 3.63) is 35.4 Å². The van der Waals surface area contributed by atoms with E-state index in [0.717, 1.165) is 19.2 Å². The van der Waals surface area contributed by atoms with Crippen molar-refractivity contribution in [3.8, 4) is 0 Å². The molecular weight excluding hydrogens is 260 g/mol. The lowest BCUT2D eigenvalue weighted by atomic mass is 10.1. The lowest BCUT2D eigenvalue weighted by Gasteiger charge is -2.13. The molecule has 2 N–H and O–H groups in total. The van der Waals surface area contributed by atoms with Gasteiger partial charge in [0.1, 0.15) is 0 Å². The molecule has 19 heavy (non-hydrogen) atoms. The van der Waals surface area contributed by atoms with E-state index in [1.807, 2.05) is 0 Å². The normalized spacial score (nSPS) is 11.8. The number of methoxy groups -OCH3 is 1. The summed E-state index contributed by atoms with van der Waals surface area (Å²) in [6, 6.07) is 1.87. The van der Waals surface area contributed by atoms with Crippen molar-refractivity contribution < 1.29 is 28.2 Å². The Bertz CT molecular complexity index is 479. The van der Waals surface area contributed by atoms with Gasteiger partial charge < -0.3 is 15.2 Å². The van der Waals surface area contributed by atoms with Crippen molar-refractivity contribution in [1.82, 2.24) is 5.32 Å². The lowest BCUT2D eigenvalue weighted by molar-refractivity contribution is -0.146. The van der Waals surface area contributed by atoms with E-state index in [2.05, 4.69) is 10.1 Å². The summed E-state index contributed by atoms with van der Waals surface area (Å²) in [5, 5.41) is 11.1. The van der Waals surface area contributed by atoms with Gasteiger partial charge in [-0.3, -0.25) is 4.79 Å². The number of aliphatic hydroxyl groups excluding tert-OH is 1. The molecule has 0 aliphatic carbocycles. The number of carbonyl (C=O) groups is 2. The fourth-order valence-electron chi connectivity index (χ4n) is 1.40. The van der Waals surface area contributed by atoms with Gasteiger partial charge in [0, 0.05) is 0 Å². The Morgan fingerprint density at radius 2 is 2.05 bits per heavy atom. The van der Waals surface area contributed by atoms with E-state index in [1.54, 1.807) is 0 Å². The second-order valence-corrected chi connectivity index (χ2v) is 3.75. The van der Waals surface area contributed by atoms with E-state index in [1.165, 1.54) is 6.07 Å². The number of carbonyl (C=O) groups excluding carboxylic acids is 2. The first kappa shape index (κ1) is 15.0. The van der Waals surface area contributed by atoms with E-state index in [-0.39, 0.29) is 12.0 Å². The lowest BCUT2D eigenvalue weighted by Crippen LogP contribution is -2.44. The predicted molar refractivity (Wildman–Crippen MR) is 61.1 cm³/mol. The predicted octanol–water partition coefficient (Wildman–Crippen LogP) is 0.157. The molecule has 5 nitrogen and oxygen atoms in total. The summed E-state index contributed by atoms with van der Waals surface area (Å²) >= 11 is 0. The summed E-state index contributed by atoms with van der Waals surface area (Å²) in [4.78, 5) is 22.7. The van der Waals surface area contributed by atoms with E-state index >= 15 is 0 Å². The van der Waals surface area contributed by atoms with Crippen LogP contribution in [0.25, 0.3) is 0 Å². The van der Waals surface area contributed by atoms with Crippen molar-refractivity contribution in [2.75, 3.05) is 13.7 Å². The molecule has 0 heterocycles. The quantitative estimate of drug-likeness (QED) is 0.749. The number of amides is 1. The van der Waals surface area contributed by atoms with Crippen LogP contribution in [0.2, 0.25) is 0 Å². The summed E-state index contributed by atoms with van der Waals surface area (Å²) in [5.74, 6) is -3.47. The molecule has 0 saturated heterocycles. The molecule has 0 saturated carbocycles. The fraction of sp³-hybridized carbons (Fsp3) is 0.333. The molecule has 1 atom stereocenters. The van der Waals surface area contributed by atoms with Gasteiger partial charge in [0.2, 0.25) is 5.91 Å². The maximum atomic E-state index is 12.9. The largest absolute Gasteiger partial charge is 0.467 e. The highest BCUT2D eigenvalue weighted by molar-refractivity contribution is 5.85. The topological polar surface area (TPSA) is 75.6 Å². The average molecular weight is 273 g/mol. The van der Waals surface area contributed by atoms with Crippen molar-refractivity contribution in [2.24, 2.45) is 0 Å². The van der Waals surface area contributed by atoms with Crippen molar-refractivity contribution >= 4 is 11.9 Å². The van der Waals surface area contributed by atoms with Crippen LogP contribution in [-0.4, -0.2) is 36.7 Å². The number of halogens is 2. The number of hydrogen-bond donors (Lipinski definition) is 2. The highest BCUT2D eigenvalue weighted by Crippen LogP contribution is 2.09. The Labute approximate surface area is 108 Å². The zero-order valence-corrected chi connectivity index (χ0v) is 10.2. The van der Waals surface area contributed by atoms with Crippen LogP contribution in [0.4, 0.5) is 8.78 Å². The summed E-state index contributed by atoms with van der Waals surface area (Å²) in [6.07, 6.45) is -0.245.